The highest BCUT2D eigenvalue weighted by atomic mass is 19.1. The summed E-state index contributed by atoms with van der Waals surface area (Å²) in [5.74, 6) is 0.430. The van der Waals surface area contributed by atoms with Crippen LogP contribution in [0.4, 0.5) is 10.2 Å². The second-order valence-corrected chi connectivity index (χ2v) is 4.58. The largest absolute Gasteiger partial charge is 0.347 e. The van der Waals surface area contributed by atoms with Gasteiger partial charge in [-0.3, -0.25) is 0 Å². The number of rotatable bonds is 2. The lowest BCUT2D eigenvalue weighted by Gasteiger charge is -2.18. The van der Waals surface area contributed by atoms with E-state index < -0.39 is 0 Å². The van der Waals surface area contributed by atoms with Crippen molar-refractivity contribution in [3.05, 3.63) is 65.6 Å². The Labute approximate surface area is 116 Å². The van der Waals surface area contributed by atoms with Crippen LogP contribution in [0.2, 0.25) is 0 Å². The van der Waals surface area contributed by atoms with Crippen LogP contribution in [-0.4, -0.2) is 18.1 Å². The standard InChI is InChI=1S/C16H12FN3/c17-15-6-2-1-5-14(15)13-7-9-20(11-13)16-12(10-18)4-3-8-19-16/h1-8H,9,11H2. The molecule has 0 bridgehead atoms. The molecular formula is C16H12FN3. The first-order valence-corrected chi connectivity index (χ1v) is 6.33. The molecule has 98 valence electrons. The van der Waals surface area contributed by atoms with Gasteiger partial charge in [-0.25, -0.2) is 9.37 Å². The normalized spacial score (nSPS) is 14.0. The molecule has 1 aliphatic rings. The van der Waals surface area contributed by atoms with Crippen molar-refractivity contribution < 1.29 is 4.39 Å². The summed E-state index contributed by atoms with van der Waals surface area (Å²) in [4.78, 5) is 6.23. The number of nitriles is 1. The molecule has 1 aromatic heterocycles. The number of anilines is 1. The van der Waals surface area contributed by atoms with Gasteiger partial charge in [-0.05, 0) is 23.8 Å². The summed E-state index contributed by atoms with van der Waals surface area (Å²) in [6.45, 7) is 1.20. The van der Waals surface area contributed by atoms with E-state index in [1.54, 1.807) is 30.5 Å². The van der Waals surface area contributed by atoms with E-state index in [0.717, 1.165) is 5.57 Å². The monoisotopic (exact) mass is 265 g/mol. The fourth-order valence-corrected chi connectivity index (χ4v) is 2.37. The molecule has 1 aromatic carbocycles. The summed E-state index contributed by atoms with van der Waals surface area (Å²) in [6, 6.07) is 12.3. The maximum atomic E-state index is 13.8. The molecule has 20 heavy (non-hydrogen) atoms. The number of hydrogen-bond acceptors (Lipinski definition) is 3. The SMILES string of the molecule is N#Cc1cccnc1N1CC=C(c2ccccc2F)C1. The van der Waals surface area contributed by atoms with Crippen molar-refractivity contribution in [1.29, 1.82) is 5.26 Å². The number of pyridine rings is 1. The number of benzene rings is 1. The molecule has 0 N–H and O–H groups in total. The van der Waals surface area contributed by atoms with Crippen molar-refractivity contribution in [2.45, 2.75) is 0 Å². The van der Waals surface area contributed by atoms with Crippen molar-refractivity contribution in [3.63, 3.8) is 0 Å². The van der Waals surface area contributed by atoms with Crippen molar-refractivity contribution in [1.82, 2.24) is 4.98 Å². The maximum absolute atomic E-state index is 13.8. The molecule has 2 aromatic rings. The topological polar surface area (TPSA) is 39.9 Å². The van der Waals surface area contributed by atoms with Gasteiger partial charge in [-0.1, -0.05) is 24.3 Å². The molecular weight excluding hydrogens is 253 g/mol. The van der Waals surface area contributed by atoms with Gasteiger partial charge >= 0.3 is 0 Å². The molecule has 0 spiro atoms. The van der Waals surface area contributed by atoms with Crippen molar-refractivity contribution >= 4 is 11.4 Å². The molecule has 0 fully saturated rings. The minimum absolute atomic E-state index is 0.220. The van der Waals surface area contributed by atoms with Gasteiger partial charge in [-0.15, -0.1) is 0 Å². The van der Waals surface area contributed by atoms with Crippen LogP contribution >= 0.6 is 0 Å². The second kappa shape index (κ2) is 5.14. The third kappa shape index (κ3) is 2.14. The molecule has 4 heteroatoms. The lowest BCUT2D eigenvalue weighted by molar-refractivity contribution is 0.623. The third-order valence-electron chi connectivity index (χ3n) is 3.35. The Bertz CT molecular complexity index is 716. The Morgan fingerprint density at radius 1 is 1.20 bits per heavy atom. The number of hydrogen-bond donors (Lipinski definition) is 0. The fourth-order valence-electron chi connectivity index (χ4n) is 2.37. The Morgan fingerprint density at radius 3 is 2.85 bits per heavy atom. The maximum Gasteiger partial charge on any atom is 0.147 e. The second-order valence-electron chi connectivity index (χ2n) is 4.58. The quantitative estimate of drug-likeness (QED) is 0.838. The Hall–Kier alpha value is -2.67. The Balaban J connectivity index is 1.87. The van der Waals surface area contributed by atoms with Gasteiger partial charge in [0, 0.05) is 24.8 Å². The average molecular weight is 265 g/mol. The smallest absolute Gasteiger partial charge is 0.147 e. The van der Waals surface area contributed by atoms with E-state index in [1.807, 2.05) is 17.0 Å². The first-order valence-electron chi connectivity index (χ1n) is 6.33. The fraction of sp³-hybridized carbons (Fsp3) is 0.125. The molecule has 0 aliphatic carbocycles. The molecule has 1 aliphatic heterocycles. The predicted molar refractivity (Wildman–Crippen MR) is 75.5 cm³/mol. The summed E-state index contributed by atoms with van der Waals surface area (Å²) in [6.07, 6.45) is 3.64. The lowest BCUT2D eigenvalue weighted by Crippen LogP contribution is -2.22. The van der Waals surface area contributed by atoms with Crippen LogP contribution in [0.3, 0.4) is 0 Å². The lowest BCUT2D eigenvalue weighted by atomic mass is 10.1. The molecule has 2 heterocycles. The van der Waals surface area contributed by atoms with Crippen LogP contribution in [-0.2, 0) is 0 Å². The molecule has 0 amide bonds. The minimum Gasteiger partial charge on any atom is -0.347 e. The Kier molecular flexibility index (Phi) is 3.18. The zero-order valence-electron chi connectivity index (χ0n) is 10.8. The summed E-state index contributed by atoms with van der Waals surface area (Å²) in [5, 5.41) is 9.11. The van der Waals surface area contributed by atoms with Gasteiger partial charge in [0.25, 0.3) is 0 Å². The van der Waals surface area contributed by atoms with Crippen molar-refractivity contribution in [2.24, 2.45) is 0 Å². The molecule has 0 saturated heterocycles. The number of nitrogens with zero attached hydrogens (tertiary/aromatic N) is 3. The Morgan fingerprint density at radius 2 is 2.05 bits per heavy atom. The van der Waals surface area contributed by atoms with E-state index in [1.165, 1.54) is 6.07 Å². The average Bonchev–Trinajstić information content (AvgIpc) is 2.97. The predicted octanol–water partition coefficient (Wildman–Crippen LogP) is 3.00. The van der Waals surface area contributed by atoms with Crippen LogP contribution < -0.4 is 4.90 Å². The van der Waals surface area contributed by atoms with Crippen LogP contribution in [0, 0.1) is 17.1 Å². The van der Waals surface area contributed by atoms with Crippen LogP contribution in [0.25, 0.3) is 5.57 Å². The van der Waals surface area contributed by atoms with Crippen molar-refractivity contribution in [3.8, 4) is 6.07 Å². The highest BCUT2D eigenvalue weighted by molar-refractivity contribution is 5.75. The molecule has 0 radical (unpaired) electrons. The first kappa shape index (κ1) is 12.4. The van der Waals surface area contributed by atoms with Gasteiger partial charge in [-0.2, -0.15) is 5.26 Å². The van der Waals surface area contributed by atoms with Crippen LogP contribution in [0.1, 0.15) is 11.1 Å². The third-order valence-corrected chi connectivity index (χ3v) is 3.35. The van der Waals surface area contributed by atoms with Gasteiger partial charge in [0.2, 0.25) is 0 Å². The minimum atomic E-state index is -0.220. The summed E-state index contributed by atoms with van der Waals surface area (Å²) in [7, 11) is 0. The van der Waals surface area contributed by atoms with Crippen LogP contribution in [0.5, 0.6) is 0 Å². The highest BCUT2D eigenvalue weighted by Gasteiger charge is 2.20. The van der Waals surface area contributed by atoms with Crippen LogP contribution in [0.15, 0.2) is 48.7 Å². The van der Waals surface area contributed by atoms with E-state index in [-0.39, 0.29) is 5.82 Å². The molecule has 3 rings (SSSR count). The first-order chi connectivity index (χ1) is 9.79. The summed E-state index contributed by atoms with van der Waals surface area (Å²) in [5.41, 5.74) is 2.08. The van der Waals surface area contributed by atoms with Gasteiger partial charge in [0.1, 0.15) is 17.7 Å². The highest BCUT2D eigenvalue weighted by Crippen LogP contribution is 2.27. The van der Waals surface area contributed by atoms with Gasteiger partial charge in [0.15, 0.2) is 0 Å². The summed E-state index contributed by atoms with van der Waals surface area (Å²) < 4.78 is 13.8. The van der Waals surface area contributed by atoms with E-state index in [9.17, 15) is 4.39 Å². The van der Waals surface area contributed by atoms with E-state index in [2.05, 4.69) is 11.1 Å². The van der Waals surface area contributed by atoms with E-state index in [0.29, 0.717) is 30.0 Å². The zero-order valence-corrected chi connectivity index (χ0v) is 10.8. The van der Waals surface area contributed by atoms with E-state index >= 15 is 0 Å². The molecule has 0 atom stereocenters. The molecule has 0 unspecified atom stereocenters. The van der Waals surface area contributed by atoms with Gasteiger partial charge in [0.05, 0.1) is 5.56 Å². The number of aromatic nitrogens is 1. The van der Waals surface area contributed by atoms with Gasteiger partial charge < -0.3 is 4.90 Å². The zero-order chi connectivity index (χ0) is 13.9. The van der Waals surface area contributed by atoms with Crippen molar-refractivity contribution in [2.75, 3.05) is 18.0 Å². The molecule has 3 nitrogen and oxygen atoms in total. The number of halogens is 1. The molecule has 0 saturated carbocycles. The van der Waals surface area contributed by atoms with E-state index in [4.69, 9.17) is 5.26 Å². The summed E-state index contributed by atoms with van der Waals surface area (Å²) >= 11 is 0.